The van der Waals surface area contributed by atoms with E-state index >= 15 is 0 Å². The van der Waals surface area contributed by atoms with Crippen LogP contribution in [0.1, 0.15) is 21.6 Å². The molecular weight excluding hydrogens is 392 g/mol. The Morgan fingerprint density at radius 1 is 1.42 bits per heavy atom. The largest absolute Gasteiger partial charge is 0.467 e. The van der Waals surface area contributed by atoms with Gasteiger partial charge in [0.25, 0.3) is 5.91 Å². The molecule has 134 valence electrons. The van der Waals surface area contributed by atoms with E-state index in [9.17, 15) is 9.59 Å². The summed E-state index contributed by atoms with van der Waals surface area (Å²) in [6, 6.07) is 0.449. The monoisotopic (exact) mass is 416 g/mol. The smallest absolute Gasteiger partial charge is 0.328 e. The molecule has 0 aliphatic carbocycles. The van der Waals surface area contributed by atoms with Crippen LogP contribution in [0.25, 0.3) is 0 Å². The zero-order valence-corrected chi connectivity index (χ0v) is 17.4. The average molecular weight is 417 g/mol. The lowest BCUT2D eigenvalue weighted by Crippen LogP contribution is -2.46. The van der Waals surface area contributed by atoms with Crippen LogP contribution >= 0.6 is 15.9 Å². The van der Waals surface area contributed by atoms with Crippen LogP contribution in [0, 0.1) is 6.92 Å². The predicted molar refractivity (Wildman–Crippen MR) is 97.9 cm³/mol. The molecule has 1 aliphatic heterocycles. The number of nitrogens with one attached hydrogen (secondary N) is 1. The fraction of sp³-hybridized carbons (Fsp3) is 0.625. The number of nitrogens with zero attached hydrogens (tertiary/aromatic N) is 1. The Morgan fingerprint density at radius 2 is 2.08 bits per heavy atom. The molecule has 6 nitrogen and oxygen atoms in total. The van der Waals surface area contributed by atoms with Crippen molar-refractivity contribution in [3.63, 3.8) is 0 Å². The molecular formula is C16H25BrN2O4Si. The van der Waals surface area contributed by atoms with Crippen molar-refractivity contribution in [1.82, 2.24) is 9.88 Å². The second-order valence-electron chi connectivity index (χ2n) is 7.26. The molecule has 1 N–H and O–H groups in total. The highest BCUT2D eigenvalue weighted by atomic mass is 79.9. The Balaban J connectivity index is 2.16. The topological polar surface area (TPSA) is 69.6 Å². The van der Waals surface area contributed by atoms with E-state index in [4.69, 9.17) is 9.47 Å². The number of carbonyl (C=O) groups is 2. The number of carbonyl (C=O) groups excluding carboxylic acids is 2. The van der Waals surface area contributed by atoms with E-state index < -0.39 is 20.1 Å². The van der Waals surface area contributed by atoms with Gasteiger partial charge in [0.05, 0.1) is 17.3 Å². The Kier molecular flexibility index (Phi) is 5.93. The fourth-order valence-electron chi connectivity index (χ4n) is 2.71. The van der Waals surface area contributed by atoms with Crippen LogP contribution in [-0.2, 0) is 27.4 Å². The molecule has 0 saturated carbocycles. The third-order valence-corrected chi connectivity index (χ3v) is 6.81. The van der Waals surface area contributed by atoms with Crippen molar-refractivity contribution in [2.45, 2.75) is 51.8 Å². The van der Waals surface area contributed by atoms with Gasteiger partial charge in [-0.05, 0) is 28.9 Å². The van der Waals surface area contributed by atoms with E-state index in [0.29, 0.717) is 25.3 Å². The number of aromatic nitrogens is 1. The van der Waals surface area contributed by atoms with Gasteiger partial charge >= 0.3 is 5.97 Å². The zero-order chi connectivity index (χ0) is 18.1. The lowest BCUT2D eigenvalue weighted by Gasteiger charge is -2.21. The standard InChI is InChI=1S/C16H25BrN2O4Si/c1-10-13-11(8-12(16(21)22-2)18-15(13)20)14(17)19(10)9-23-6-7-24(3,4)5/h12H,6-9H2,1-5H3,(H,18,20). The summed E-state index contributed by atoms with van der Waals surface area (Å²) in [5.41, 5.74) is 2.29. The lowest BCUT2D eigenvalue weighted by molar-refractivity contribution is -0.142. The van der Waals surface area contributed by atoms with Crippen LogP contribution < -0.4 is 5.32 Å². The number of methoxy groups -OCH3 is 1. The lowest BCUT2D eigenvalue weighted by atomic mass is 9.98. The molecule has 0 radical (unpaired) electrons. The second kappa shape index (κ2) is 7.41. The van der Waals surface area contributed by atoms with Crippen LogP contribution in [0.2, 0.25) is 25.7 Å². The number of halogens is 1. The second-order valence-corrected chi connectivity index (χ2v) is 13.6. The molecule has 1 unspecified atom stereocenters. The molecule has 1 atom stereocenters. The van der Waals surface area contributed by atoms with Gasteiger partial charge in [-0.3, -0.25) is 4.79 Å². The summed E-state index contributed by atoms with van der Waals surface area (Å²) in [6.45, 7) is 9.92. The highest BCUT2D eigenvalue weighted by Gasteiger charge is 2.35. The van der Waals surface area contributed by atoms with Gasteiger partial charge in [-0.1, -0.05) is 19.6 Å². The van der Waals surface area contributed by atoms with Crippen molar-refractivity contribution in [1.29, 1.82) is 0 Å². The van der Waals surface area contributed by atoms with Gasteiger partial charge in [-0.25, -0.2) is 4.79 Å². The van der Waals surface area contributed by atoms with Gasteiger partial charge in [0.2, 0.25) is 0 Å². The number of fused-ring (bicyclic) bond motifs is 1. The van der Waals surface area contributed by atoms with Crippen molar-refractivity contribution < 1.29 is 19.1 Å². The number of hydrogen-bond acceptors (Lipinski definition) is 4. The Morgan fingerprint density at radius 3 is 2.67 bits per heavy atom. The van der Waals surface area contributed by atoms with E-state index in [2.05, 4.69) is 40.9 Å². The minimum atomic E-state index is -1.13. The molecule has 2 rings (SSSR count). The van der Waals surface area contributed by atoms with Gasteiger partial charge in [0, 0.05) is 32.4 Å². The summed E-state index contributed by atoms with van der Waals surface area (Å²) in [4.78, 5) is 24.1. The molecule has 1 amide bonds. The summed E-state index contributed by atoms with van der Waals surface area (Å²) < 4.78 is 13.3. The van der Waals surface area contributed by atoms with E-state index in [1.807, 2.05) is 11.5 Å². The van der Waals surface area contributed by atoms with Gasteiger partial charge in [0.15, 0.2) is 0 Å². The van der Waals surface area contributed by atoms with Crippen LogP contribution in [0.5, 0.6) is 0 Å². The first-order valence-electron chi connectivity index (χ1n) is 7.99. The predicted octanol–water partition coefficient (Wildman–Crippen LogP) is 2.70. The first-order chi connectivity index (χ1) is 11.2. The third kappa shape index (κ3) is 4.10. The van der Waals surface area contributed by atoms with Crippen molar-refractivity contribution in [2.24, 2.45) is 0 Å². The number of rotatable bonds is 6. The molecule has 1 aromatic rings. The minimum absolute atomic E-state index is 0.245. The summed E-state index contributed by atoms with van der Waals surface area (Å²) >= 11 is 3.56. The molecule has 0 aromatic carbocycles. The molecule has 0 spiro atoms. The van der Waals surface area contributed by atoms with Crippen molar-refractivity contribution >= 4 is 35.9 Å². The number of hydrogen-bond donors (Lipinski definition) is 1. The molecule has 0 fully saturated rings. The van der Waals surface area contributed by atoms with Crippen molar-refractivity contribution in [2.75, 3.05) is 13.7 Å². The molecule has 2 heterocycles. The van der Waals surface area contributed by atoms with E-state index in [-0.39, 0.29) is 5.91 Å². The van der Waals surface area contributed by atoms with Crippen LogP contribution in [-0.4, -0.2) is 44.3 Å². The molecule has 8 heteroatoms. The zero-order valence-electron chi connectivity index (χ0n) is 14.9. The fourth-order valence-corrected chi connectivity index (χ4v) is 4.20. The van der Waals surface area contributed by atoms with Gasteiger partial charge in [-0.15, -0.1) is 0 Å². The van der Waals surface area contributed by atoms with Crippen LogP contribution in [0.15, 0.2) is 4.60 Å². The molecule has 1 aliphatic rings. The van der Waals surface area contributed by atoms with Crippen molar-refractivity contribution in [3.05, 3.63) is 21.4 Å². The van der Waals surface area contributed by atoms with Gasteiger partial charge in [-0.2, -0.15) is 0 Å². The van der Waals surface area contributed by atoms with Gasteiger partial charge < -0.3 is 19.4 Å². The first-order valence-corrected chi connectivity index (χ1v) is 12.5. The SMILES string of the molecule is COC(=O)C1Cc2c(c(C)n(COCC[Si](C)(C)C)c2Br)C(=O)N1. The number of ether oxygens (including phenoxy) is 2. The Hall–Kier alpha value is -1.12. The maximum Gasteiger partial charge on any atom is 0.328 e. The maximum atomic E-state index is 12.4. The highest BCUT2D eigenvalue weighted by Crippen LogP contribution is 2.31. The molecule has 0 saturated heterocycles. The van der Waals surface area contributed by atoms with E-state index in [1.54, 1.807) is 0 Å². The highest BCUT2D eigenvalue weighted by molar-refractivity contribution is 9.10. The normalized spacial score (nSPS) is 17.4. The van der Waals surface area contributed by atoms with Crippen LogP contribution in [0.3, 0.4) is 0 Å². The molecule has 1 aromatic heterocycles. The number of esters is 1. The van der Waals surface area contributed by atoms with Gasteiger partial charge in [0.1, 0.15) is 12.8 Å². The maximum absolute atomic E-state index is 12.4. The van der Waals surface area contributed by atoms with E-state index in [0.717, 1.165) is 21.9 Å². The van der Waals surface area contributed by atoms with Crippen LogP contribution in [0.4, 0.5) is 0 Å². The number of amides is 1. The summed E-state index contributed by atoms with van der Waals surface area (Å²) in [6.07, 6.45) is 0.414. The Labute approximate surface area is 152 Å². The third-order valence-electron chi connectivity index (χ3n) is 4.20. The minimum Gasteiger partial charge on any atom is -0.467 e. The molecule has 24 heavy (non-hydrogen) atoms. The average Bonchev–Trinajstić information content (AvgIpc) is 2.74. The Bertz CT molecular complexity index is 651. The quantitative estimate of drug-likeness (QED) is 0.439. The van der Waals surface area contributed by atoms with Crippen molar-refractivity contribution in [3.8, 4) is 0 Å². The summed E-state index contributed by atoms with van der Waals surface area (Å²) in [7, 11) is 0.191. The summed E-state index contributed by atoms with van der Waals surface area (Å²) in [5, 5.41) is 2.71. The first kappa shape index (κ1) is 19.2. The van der Waals surface area contributed by atoms with E-state index in [1.165, 1.54) is 7.11 Å². The molecule has 0 bridgehead atoms. The summed E-state index contributed by atoms with van der Waals surface area (Å²) in [5.74, 6) is -0.677.